The number of aromatic nitrogens is 4. The predicted molar refractivity (Wildman–Crippen MR) is 274 cm³/mol. The van der Waals surface area contributed by atoms with Crippen molar-refractivity contribution in [2.24, 2.45) is 24.2 Å². The number of nitrogens with zero attached hydrogens (tertiary/aromatic N) is 4. The number of halogens is 6. The van der Waals surface area contributed by atoms with Gasteiger partial charge in [0.25, 0.3) is 5.91 Å². The van der Waals surface area contributed by atoms with Crippen molar-refractivity contribution >= 4 is 103 Å². The molecule has 0 saturated heterocycles. The van der Waals surface area contributed by atoms with Crippen LogP contribution in [0.2, 0.25) is 0 Å². The van der Waals surface area contributed by atoms with Crippen LogP contribution in [-0.2, 0) is 35.9 Å². The van der Waals surface area contributed by atoms with Crippen molar-refractivity contribution in [1.29, 1.82) is 0 Å². The zero-order valence-corrected chi connectivity index (χ0v) is 41.0. The molecule has 3 atom stereocenters. The summed E-state index contributed by atoms with van der Waals surface area (Å²) in [5.41, 5.74) is 22.9. The second-order valence-electron chi connectivity index (χ2n) is 15.1. The lowest BCUT2D eigenvalue weighted by atomic mass is 9.98. The summed E-state index contributed by atoms with van der Waals surface area (Å²) in [4.78, 5) is 56.1. The fourth-order valence-electron chi connectivity index (χ4n) is 7.09. The van der Waals surface area contributed by atoms with Gasteiger partial charge in [0.05, 0.1) is 17.3 Å². The summed E-state index contributed by atoms with van der Waals surface area (Å²) in [5, 5.41) is 5.46. The van der Waals surface area contributed by atoms with Gasteiger partial charge < -0.3 is 31.2 Å². The van der Waals surface area contributed by atoms with Gasteiger partial charge in [0.2, 0.25) is 0 Å². The maximum Gasteiger partial charge on any atom is 0.358 e. The van der Waals surface area contributed by atoms with Crippen LogP contribution in [-0.4, -0.2) is 54.9 Å². The quantitative estimate of drug-likeness (QED) is 0.0710. The largest absolute Gasteiger partial charge is 0.425 e. The van der Waals surface area contributed by atoms with Gasteiger partial charge in [-0.25, -0.2) is 19.0 Å². The number of aryl methyl sites for hydroxylation is 1. The van der Waals surface area contributed by atoms with Crippen molar-refractivity contribution in [3.63, 3.8) is 0 Å². The second-order valence-corrected chi connectivity index (χ2v) is 15.1. The lowest BCUT2D eigenvalue weighted by Crippen LogP contribution is -2.42. The van der Waals surface area contributed by atoms with Gasteiger partial charge in [0, 0.05) is 30.2 Å². The van der Waals surface area contributed by atoms with Crippen LogP contribution in [0.4, 0.5) is 0 Å². The number of carbonyl (C=O) groups is 3. The van der Waals surface area contributed by atoms with Gasteiger partial charge in [-0.3, -0.25) is 4.79 Å². The summed E-state index contributed by atoms with van der Waals surface area (Å²) in [6, 6.07) is 34.9. The number of hydrogen-bond donors (Lipinski definition) is 3. The topological polar surface area (TPSA) is 192 Å². The number of fused-ring (bicyclic) bond motifs is 1. The molecule has 0 spiro atoms. The van der Waals surface area contributed by atoms with Crippen LogP contribution in [0.1, 0.15) is 46.8 Å². The molecule has 5 aromatic carbocycles. The van der Waals surface area contributed by atoms with Crippen molar-refractivity contribution in [2.45, 2.75) is 57.2 Å². The Morgan fingerprint density at radius 3 is 1.56 bits per heavy atom. The monoisotopic (exact) mass is 1020 g/mol. The average Bonchev–Trinajstić information content (AvgIpc) is 3.79. The molecule has 0 aliphatic rings. The lowest BCUT2D eigenvalue weighted by Gasteiger charge is -2.20. The molecular formula is C47H53Cl6N7O6. The molecule has 13 nitrogen and oxygen atoms in total. The van der Waals surface area contributed by atoms with E-state index < -0.39 is 41.7 Å². The highest BCUT2D eigenvalue weighted by atomic mass is 35.5. The fraction of sp³-hybridized carbons (Fsp3) is 0.213. The van der Waals surface area contributed by atoms with E-state index in [0.717, 1.165) is 32.3 Å². The molecule has 2 aromatic heterocycles. The van der Waals surface area contributed by atoms with Crippen molar-refractivity contribution in [3.05, 3.63) is 166 Å². The van der Waals surface area contributed by atoms with Gasteiger partial charge in [0.15, 0.2) is 5.82 Å². The molecule has 0 saturated carbocycles. The number of nitrogens with two attached hydrogens (primary N) is 3. The smallest absolute Gasteiger partial charge is 0.358 e. The summed E-state index contributed by atoms with van der Waals surface area (Å²) in [6.45, 7) is 3.78. The molecule has 0 bridgehead atoms. The van der Waals surface area contributed by atoms with Gasteiger partial charge in [0.1, 0.15) is 23.6 Å². The molecular weight excluding hydrogens is 971 g/mol. The number of esters is 2. The molecule has 3 unspecified atom stereocenters. The van der Waals surface area contributed by atoms with Crippen LogP contribution in [0.3, 0.4) is 0 Å². The molecule has 7 rings (SSSR count). The molecule has 0 amide bonds. The van der Waals surface area contributed by atoms with E-state index in [1.165, 1.54) is 10.6 Å². The van der Waals surface area contributed by atoms with Gasteiger partial charge in [-0.2, -0.15) is 0 Å². The molecule has 0 radical (unpaired) electrons. The summed E-state index contributed by atoms with van der Waals surface area (Å²) in [7, 11) is 1.91. The summed E-state index contributed by atoms with van der Waals surface area (Å²) in [5.74, 6) is -2.58. The highest BCUT2D eigenvalue weighted by Gasteiger charge is 2.30. The van der Waals surface area contributed by atoms with Crippen LogP contribution < -0.4 is 32.4 Å². The maximum absolute atomic E-state index is 14.6. The third kappa shape index (κ3) is 13.5. The SMILES string of the molecule is CC(C)c1cc(-c2nn(C(=O)C(N)Cc3ccccc3)c(=O)n2-c2ccc3c(ccn3C)c2)c(OC(=O)C(N)Cc2ccccc2)cc1OC(=O)C(N)Cc1ccccc1.Cl.Cl.Cl.Cl.Cl.Cl. The number of rotatable bonds is 14. The number of ether oxygens (including phenoxy) is 2. The van der Waals surface area contributed by atoms with Gasteiger partial charge in [-0.1, -0.05) is 105 Å². The zero-order chi connectivity index (χ0) is 42.5. The molecule has 0 fully saturated rings. The third-order valence-corrected chi connectivity index (χ3v) is 10.3. The maximum atomic E-state index is 14.6. The van der Waals surface area contributed by atoms with E-state index in [4.69, 9.17) is 26.7 Å². The molecule has 6 N–H and O–H groups in total. The zero-order valence-electron chi connectivity index (χ0n) is 36.1. The van der Waals surface area contributed by atoms with Gasteiger partial charge in [-0.05, 0) is 77.8 Å². The Morgan fingerprint density at radius 2 is 1.08 bits per heavy atom. The van der Waals surface area contributed by atoms with Gasteiger partial charge in [-0.15, -0.1) is 84.2 Å². The van der Waals surface area contributed by atoms with Gasteiger partial charge >= 0.3 is 17.6 Å². The van der Waals surface area contributed by atoms with E-state index in [2.05, 4.69) is 5.10 Å². The summed E-state index contributed by atoms with van der Waals surface area (Å²) in [6.07, 6.45) is 2.43. The Kier molecular flexibility index (Phi) is 23.4. The first-order valence-electron chi connectivity index (χ1n) is 19.7. The van der Waals surface area contributed by atoms with E-state index in [9.17, 15) is 19.2 Å². The predicted octanol–water partition coefficient (Wildman–Crippen LogP) is 8.01. The molecule has 66 heavy (non-hydrogen) atoms. The highest BCUT2D eigenvalue weighted by molar-refractivity contribution is 5.88. The van der Waals surface area contributed by atoms with Crippen molar-refractivity contribution < 1.29 is 23.9 Å². The van der Waals surface area contributed by atoms with E-state index in [0.29, 0.717) is 11.3 Å². The van der Waals surface area contributed by atoms with Crippen molar-refractivity contribution in [1.82, 2.24) is 18.9 Å². The van der Waals surface area contributed by atoms with Crippen LogP contribution in [0.5, 0.6) is 11.5 Å². The number of carbonyl (C=O) groups excluding carboxylic acids is 3. The Labute approximate surface area is 419 Å². The van der Waals surface area contributed by atoms with Crippen LogP contribution in [0, 0.1) is 0 Å². The summed E-state index contributed by atoms with van der Waals surface area (Å²) < 4.78 is 16.0. The Bertz CT molecular complexity index is 2730. The van der Waals surface area contributed by atoms with Crippen LogP contribution >= 0.6 is 74.4 Å². The first kappa shape index (κ1) is 58.8. The molecule has 19 heteroatoms. The van der Waals surface area contributed by atoms with Crippen molar-refractivity contribution in [2.75, 3.05) is 0 Å². The van der Waals surface area contributed by atoms with E-state index in [1.54, 1.807) is 18.2 Å². The standard InChI is InChI=1S/C47H47N7O6.6ClH/c1-29(2)35-27-36(42(60-46(57)39(50)25-32-17-11-6-12-18-32)28-41(35)59-45(56)38(49)24-31-15-9-5-10-16-31)43-51-54(44(55)37(48)23-30-13-7-4-8-14-30)47(58)53(43)34-19-20-40-33(26-34)21-22-52(40)3;;;;;;/h4-22,26-29,37-39H,23-25,48-50H2,1-3H3;6*1H. The minimum absolute atomic E-state index is 0. The summed E-state index contributed by atoms with van der Waals surface area (Å²) >= 11 is 0. The first-order valence-corrected chi connectivity index (χ1v) is 19.7. The fourth-order valence-corrected chi connectivity index (χ4v) is 7.09. The molecule has 7 aromatic rings. The first-order chi connectivity index (χ1) is 28.9. The van der Waals surface area contributed by atoms with E-state index in [1.807, 2.05) is 135 Å². The molecule has 0 aliphatic carbocycles. The minimum atomic E-state index is -1.13. The average molecular weight is 1020 g/mol. The van der Waals surface area contributed by atoms with Crippen LogP contribution in [0.15, 0.2) is 138 Å². The number of benzene rings is 5. The Morgan fingerprint density at radius 1 is 0.606 bits per heavy atom. The number of hydrogen-bond acceptors (Lipinski definition) is 10. The highest BCUT2D eigenvalue weighted by Crippen LogP contribution is 2.40. The Hall–Kier alpha value is -5.19. The minimum Gasteiger partial charge on any atom is -0.425 e. The van der Waals surface area contributed by atoms with Crippen molar-refractivity contribution in [3.8, 4) is 28.6 Å². The normalized spacial score (nSPS) is 11.7. The Balaban J connectivity index is 0.00000363. The third-order valence-electron chi connectivity index (χ3n) is 10.3. The molecule has 2 heterocycles. The van der Waals surface area contributed by atoms with E-state index in [-0.39, 0.29) is 123 Å². The second kappa shape index (κ2) is 26.2. The van der Waals surface area contributed by atoms with E-state index >= 15 is 0 Å². The van der Waals surface area contributed by atoms with Crippen LogP contribution in [0.25, 0.3) is 28.0 Å². The molecule has 354 valence electrons. The molecule has 0 aliphatic heterocycles. The lowest BCUT2D eigenvalue weighted by molar-refractivity contribution is -0.136.